The Morgan fingerprint density at radius 2 is 2.17 bits per heavy atom. The third kappa shape index (κ3) is 2.81. The first-order valence-corrected chi connectivity index (χ1v) is 5.49. The molecule has 0 spiro atoms. The van der Waals surface area contributed by atoms with E-state index in [1.807, 2.05) is 0 Å². The number of rotatable bonds is 2. The first kappa shape index (κ1) is 12.4. The Hall–Kier alpha value is -2.01. The zero-order chi connectivity index (χ0) is 13.1. The second-order valence-corrected chi connectivity index (χ2v) is 4.00. The largest absolute Gasteiger partial charge is 0.320 e. The number of carbonyl (C=O) groups is 1. The summed E-state index contributed by atoms with van der Waals surface area (Å²) in [5.41, 5.74) is 1.25. The van der Waals surface area contributed by atoms with Crippen LogP contribution in [0.15, 0.2) is 30.6 Å². The minimum absolute atomic E-state index is 0.143. The number of carbonyl (C=O) groups excluding carboxylic acids is 1. The van der Waals surface area contributed by atoms with Gasteiger partial charge in [0, 0.05) is 6.20 Å². The van der Waals surface area contributed by atoms with Crippen molar-refractivity contribution in [3.8, 4) is 0 Å². The summed E-state index contributed by atoms with van der Waals surface area (Å²) in [5.74, 6) is -1.01. The monoisotopic (exact) mass is 265 g/mol. The molecular weight excluding hydrogens is 257 g/mol. The van der Waals surface area contributed by atoms with E-state index in [0.29, 0.717) is 16.5 Å². The molecule has 92 valence electrons. The van der Waals surface area contributed by atoms with Gasteiger partial charge in [0.05, 0.1) is 23.1 Å². The van der Waals surface area contributed by atoms with Crippen LogP contribution in [0.1, 0.15) is 16.1 Å². The molecule has 2 rings (SSSR count). The Morgan fingerprint density at radius 3 is 2.83 bits per heavy atom. The highest BCUT2D eigenvalue weighted by molar-refractivity contribution is 6.29. The van der Waals surface area contributed by atoms with Crippen LogP contribution < -0.4 is 5.32 Å². The van der Waals surface area contributed by atoms with Crippen LogP contribution in [0, 0.1) is 12.7 Å². The molecule has 2 aromatic heterocycles. The van der Waals surface area contributed by atoms with Gasteiger partial charge in [0.25, 0.3) is 5.91 Å². The summed E-state index contributed by atoms with van der Waals surface area (Å²) in [5, 5.41) is 2.96. The van der Waals surface area contributed by atoms with E-state index in [2.05, 4.69) is 15.3 Å². The minimum atomic E-state index is -0.561. The molecule has 0 aliphatic rings. The van der Waals surface area contributed by atoms with Crippen LogP contribution in [0.5, 0.6) is 0 Å². The smallest absolute Gasteiger partial charge is 0.257 e. The summed E-state index contributed by atoms with van der Waals surface area (Å²) >= 11 is 5.71. The maximum absolute atomic E-state index is 12.9. The Morgan fingerprint density at radius 1 is 1.39 bits per heavy atom. The molecule has 0 fully saturated rings. The van der Waals surface area contributed by atoms with Gasteiger partial charge in [-0.05, 0) is 25.1 Å². The van der Waals surface area contributed by atoms with E-state index < -0.39 is 11.7 Å². The topological polar surface area (TPSA) is 54.9 Å². The van der Waals surface area contributed by atoms with Crippen LogP contribution in [0.4, 0.5) is 10.1 Å². The fourth-order valence-electron chi connectivity index (χ4n) is 1.39. The van der Waals surface area contributed by atoms with Crippen molar-refractivity contribution in [1.29, 1.82) is 0 Å². The summed E-state index contributed by atoms with van der Waals surface area (Å²) in [6, 6.07) is 4.31. The second-order valence-electron chi connectivity index (χ2n) is 3.61. The van der Waals surface area contributed by atoms with Gasteiger partial charge in [-0.2, -0.15) is 0 Å². The summed E-state index contributed by atoms with van der Waals surface area (Å²) in [4.78, 5) is 19.4. The average Bonchev–Trinajstić information content (AvgIpc) is 2.32. The molecule has 1 amide bonds. The molecule has 6 heteroatoms. The number of nitrogens with zero attached hydrogens (tertiary/aromatic N) is 2. The zero-order valence-corrected chi connectivity index (χ0v) is 10.2. The third-order valence-corrected chi connectivity index (χ3v) is 2.48. The molecule has 2 heterocycles. The van der Waals surface area contributed by atoms with Gasteiger partial charge >= 0.3 is 0 Å². The van der Waals surface area contributed by atoms with Crippen molar-refractivity contribution in [2.45, 2.75) is 6.92 Å². The van der Waals surface area contributed by atoms with Gasteiger partial charge in [-0.15, -0.1) is 0 Å². The molecule has 0 aromatic carbocycles. The van der Waals surface area contributed by atoms with Gasteiger partial charge in [-0.1, -0.05) is 11.6 Å². The molecule has 1 N–H and O–H groups in total. The minimum Gasteiger partial charge on any atom is -0.320 e. The molecule has 0 bridgehead atoms. The number of hydrogen-bond acceptors (Lipinski definition) is 3. The molecule has 0 aliphatic carbocycles. The van der Waals surface area contributed by atoms with E-state index in [1.165, 1.54) is 6.20 Å². The van der Waals surface area contributed by atoms with Gasteiger partial charge in [-0.25, -0.2) is 9.37 Å². The van der Waals surface area contributed by atoms with Gasteiger partial charge in [-0.3, -0.25) is 9.78 Å². The predicted molar refractivity (Wildman–Crippen MR) is 66.1 cm³/mol. The van der Waals surface area contributed by atoms with Crippen LogP contribution in [0.25, 0.3) is 0 Å². The lowest BCUT2D eigenvalue weighted by atomic mass is 10.2. The van der Waals surface area contributed by atoms with E-state index in [1.54, 1.807) is 19.1 Å². The summed E-state index contributed by atoms with van der Waals surface area (Å²) in [7, 11) is 0. The van der Waals surface area contributed by atoms with E-state index in [4.69, 9.17) is 11.6 Å². The van der Waals surface area contributed by atoms with Crippen LogP contribution in [-0.4, -0.2) is 15.9 Å². The highest BCUT2D eigenvalue weighted by atomic mass is 35.5. The van der Waals surface area contributed by atoms with Crippen molar-refractivity contribution in [3.05, 3.63) is 52.8 Å². The number of nitrogens with one attached hydrogen (secondary N) is 1. The van der Waals surface area contributed by atoms with E-state index in [0.717, 1.165) is 12.3 Å². The molecule has 0 saturated carbocycles. The van der Waals surface area contributed by atoms with Gasteiger partial charge in [0.15, 0.2) is 0 Å². The highest BCUT2D eigenvalue weighted by Gasteiger charge is 2.09. The highest BCUT2D eigenvalue weighted by Crippen LogP contribution is 2.16. The fraction of sp³-hybridized carbons (Fsp3) is 0.0833. The van der Waals surface area contributed by atoms with Crippen molar-refractivity contribution in [2.24, 2.45) is 0 Å². The molecule has 18 heavy (non-hydrogen) atoms. The Bertz CT molecular complexity index is 604. The molecule has 0 unspecified atom stereocenters. The molecule has 2 aromatic rings. The maximum atomic E-state index is 12.9. The average molecular weight is 266 g/mol. The number of halogens is 2. The lowest BCUT2D eigenvalue weighted by Gasteiger charge is -2.07. The molecular formula is C12H9ClFN3O. The zero-order valence-electron chi connectivity index (χ0n) is 9.45. The third-order valence-electron chi connectivity index (χ3n) is 2.27. The van der Waals surface area contributed by atoms with Crippen molar-refractivity contribution in [2.75, 3.05) is 5.32 Å². The first-order valence-electron chi connectivity index (χ1n) is 5.11. The number of pyridine rings is 2. The van der Waals surface area contributed by atoms with Crippen molar-refractivity contribution >= 4 is 23.2 Å². The van der Waals surface area contributed by atoms with Gasteiger partial charge in [0.2, 0.25) is 0 Å². The Kier molecular flexibility index (Phi) is 3.53. The predicted octanol–water partition coefficient (Wildman–Crippen LogP) is 2.83. The second kappa shape index (κ2) is 5.10. The standard InChI is InChI=1S/C12H9ClFN3O/c1-7-10(2-3-11(13)16-7)17-12(18)8-4-9(14)6-15-5-8/h2-6H,1H3,(H,17,18). The normalized spacial score (nSPS) is 10.2. The van der Waals surface area contributed by atoms with E-state index in [9.17, 15) is 9.18 Å². The van der Waals surface area contributed by atoms with Gasteiger partial charge in [0.1, 0.15) is 11.0 Å². The molecule has 0 aliphatic heterocycles. The number of aromatic nitrogens is 2. The lowest BCUT2D eigenvalue weighted by Crippen LogP contribution is -2.13. The summed E-state index contributed by atoms with van der Waals surface area (Å²) in [6.45, 7) is 1.71. The van der Waals surface area contributed by atoms with Crippen LogP contribution in [-0.2, 0) is 0 Å². The summed E-state index contributed by atoms with van der Waals surface area (Å²) in [6.07, 6.45) is 2.32. The van der Waals surface area contributed by atoms with Crippen molar-refractivity contribution in [1.82, 2.24) is 9.97 Å². The van der Waals surface area contributed by atoms with E-state index in [-0.39, 0.29) is 5.56 Å². The van der Waals surface area contributed by atoms with Crippen molar-refractivity contribution < 1.29 is 9.18 Å². The molecule has 0 saturated heterocycles. The fourth-order valence-corrected chi connectivity index (χ4v) is 1.58. The van der Waals surface area contributed by atoms with E-state index >= 15 is 0 Å². The molecule has 0 radical (unpaired) electrons. The SMILES string of the molecule is Cc1nc(Cl)ccc1NC(=O)c1cncc(F)c1. The quantitative estimate of drug-likeness (QED) is 0.850. The van der Waals surface area contributed by atoms with Crippen LogP contribution in [0.3, 0.4) is 0 Å². The van der Waals surface area contributed by atoms with Crippen LogP contribution in [0.2, 0.25) is 5.15 Å². The summed E-state index contributed by atoms with van der Waals surface area (Å²) < 4.78 is 12.9. The number of amides is 1. The first-order chi connectivity index (χ1) is 8.56. The number of hydrogen-bond donors (Lipinski definition) is 1. The van der Waals surface area contributed by atoms with Gasteiger partial charge < -0.3 is 5.32 Å². The molecule has 4 nitrogen and oxygen atoms in total. The molecule has 0 atom stereocenters. The lowest BCUT2D eigenvalue weighted by molar-refractivity contribution is 0.102. The maximum Gasteiger partial charge on any atom is 0.257 e. The Balaban J connectivity index is 2.21. The van der Waals surface area contributed by atoms with Crippen LogP contribution >= 0.6 is 11.6 Å². The number of anilines is 1. The van der Waals surface area contributed by atoms with Crippen molar-refractivity contribution in [3.63, 3.8) is 0 Å². The number of aryl methyl sites for hydroxylation is 1. The Labute approximate surface area is 108 Å².